The fourth-order valence-corrected chi connectivity index (χ4v) is 10.4. The van der Waals surface area contributed by atoms with Gasteiger partial charge in [-0.3, -0.25) is 0 Å². The van der Waals surface area contributed by atoms with E-state index in [0.717, 1.165) is 43.2 Å². The second-order valence-electron chi connectivity index (χ2n) is 8.51. The lowest BCUT2D eigenvalue weighted by molar-refractivity contribution is 0.0606. The lowest BCUT2D eigenvalue weighted by Crippen LogP contribution is -2.42. The van der Waals surface area contributed by atoms with Gasteiger partial charge < -0.3 is 9.41 Å². The molecule has 1 aromatic heterocycles. The van der Waals surface area contributed by atoms with Crippen LogP contribution in [0.25, 0.3) is 0 Å². The number of carbonyl (C=O) groups excluding carboxylic acids is 1. The van der Waals surface area contributed by atoms with E-state index < -0.39 is 13.3 Å². The van der Waals surface area contributed by atoms with E-state index in [0.29, 0.717) is 31.4 Å². The van der Waals surface area contributed by atoms with Gasteiger partial charge in [0.25, 0.3) is 0 Å². The summed E-state index contributed by atoms with van der Waals surface area (Å²) in [6, 6.07) is 13.4. The maximum atomic E-state index is 13.8. The fourth-order valence-electron chi connectivity index (χ4n) is 4.59. The third kappa shape index (κ3) is 4.39. The fraction of sp³-hybridized carbons (Fsp3) is 0.280. The largest absolute Gasteiger partial charge is 0.465 e. The van der Waals surface area contributed by atoms with Crippen molar-refractivity contribution >= 4 is 69.7 Å². The number of hydrogen-bond donors (Lipinski definition) is 0. The highest BCUT2D eigenvalue weighted by Gasteiger charge is 2.44. The van der Waals surface area contributed by atoms with Crippen molar-refractivity contribution < 1.29 is 13.9 Å². The zero-order valence-electron chi connectivity index (χ0n) is 19.7. The van der Waals surface area contributed by atoms with Crippen LogP contribution in [0.15, 0.2) is 58.3 Å². The number of thiophene rings is 1. The predicted molar refractivity (Wildman–Crippen MR) is 147 cm³/mol. The molecule has 5 rings (SSSR count). The summed E-state index contributed by atoms with van der Waals surface area (Å²) in [5, 5.41) is 2.43. The van der Waals surface area contributed by atoms with Gasteiger partial charge in [-0.05, 0) is 55.3 Å². The normalized spacial score (nSPS) is 20.0. The molecule has 6 nitrogen and oxygen atoms in total. The van der Waals surface area contributed by atoms with E-state index in [1.54, 1.807) is 30.3 Å². The number of halogens is 3. The molecule has 0 aliphatic carbocycles. The smallest absolute Gasteiger partial charge is 0.348 e. The van der Waals surface area contributed by atoms with Crippen molar-refractivity contribution in [2.24, 2.45) is 9.74 Å². The molecular formula is C25H24Cl2FN4O2PS. The first-order valence-corrected chi connectivity index (χ1v) is 14.7. The second-order valence-corrected chi connectivity index (χ2v) is 13.3. The third-order valence-corrected chi connectivity index (χ3v) is 11.8. The van der Waals surface area contributed by atoms with E-state index in [-0.39, 0.29) is 5.82 Å². The molecule has 1 saturated heterocycles. The predicted octanol–water partition coefficient (Wildman–Crippen LogP) is 7.48. The van der Waals surface area contributed by atoms with E-state index in [2.05, 4.69) is 9.34 Å². The van der Waals surface area contributed by atoms with Gasteiger partial charge in [0.1, 0.15) is 27.2 Å². The summed E-state index contributed by atoms with van der Waals surface area (Å²) in [5.74, 6) is -0.109. The van der Waals surface area contributed by atoms with Crippen LogP contribution in [-0.2, 0) is 4.74 Å². The van der Waals surface area contributed by atoms with E-state index in [1.165, 1.54) is 30.6 Å². The van der Waals surface area contributed by atoms with E-state index in [4.69, 9.17) is 37.7 Å². The topological polar surface area (TPSA) is 57.5 Å². The molecule has 0 N–H and O–H groups in total. The van der Waals surface area contributed by atoms with Gasteiger partial charge in [-0.25, -0.2) is 23.6 Å². The molecule has 188 valence electrons. The van der Waals surface area contributed by atoms with Crippen LogP contribution >= 0.6 is 41.9 Å². The van der Waals surface area contributed by atoms with Crippen molar-refractivity contribution in [2.45, 2.75) is 19.3 Å². The summed E-state index contributed by atoms with van der Waals surface area (Å²) in [4.78, 5) is 18.0. The van der Waals surface area contributed by atoms with E-state index in [9.17, 15) is 9.18 Å². The minimum atomic E-state index is -2.78. The number of piperidine rings is 1. The molecule has 0 saturated carbocycles. The van der Waals surface area contributed by atoms with Crippen LogP contribution in [0.2, 0.25) is 10.0 Å². The van der Waals surface area contributed by atoms with Gasteiger partial charge in [0.15, 0.2) is 7.36 Å². The number of amidine groups is 1. The van der Waals surface area contributed by atoms with Crippen molar-refractivity contribution in [2.75, 3.05) is 27.2 Å². The summed E-state index contributed by atoms with van der Waals surface area (Å²) in [5.41, 5.74) is 1.25. The number of ether oxygens (including phenoxy) is 1. The summed E-state index contributed by atoms with van der Waals surface area (Å²) >= 11 is 14.5. The van der Waals surface area contributed by atoms with Crippen LogP contribution in [0.4, 0.5) is 15.1 Å². The number of aliphatic imine (C=N–C) groups is 1. The Balaban J connectivity index is 1.85. The maximum Gasteiger partial charge on any atom is 0.348 e. The molecule has 1 atom stereocenters. The quantitative estimate of drug-likeness (QED) is 0.243. The molecule has 0 spiro atoms. The number of methoxy groups -OCH3 is 1. The van der Waals surface area contributed by atoms with Crippen molar-refractivity contribution in [1.82, 2.24) is 9.34 Å². The van der Waals surface area contributed by atoms with Crippen LogP contribution < -0.4 is 5.30 Å². The van der Waals surface area contributed by atoms with Gasteiger partial charge in [-0.15, -0.1) is 11.3 Å². The molecule has 0 amide bonds. The van der Waals surface area contributed by atoms with Crippen LogP contribution in [0, 0.1) is 5.82 Å². The summed E-state index contributed by atoms with van der Waals surface area (Å²) in [6.07, 6.45) is 3.18. The molecule has 11 heteroatoms. The number of carbonyl (C=O) groups is 1. The zero-order chi connectivity index (χ0) is 25.4. The Morgan fingerprint density at radius 3 is 2.42 bits per heavy atom. The molecular weight excluding hydrogens is 541 g/mol. The van der Waals surface area contributed by atoms with Crippen LogP contribution in [-0.4, -0.2) is 48.4 Å². The molecule has 0 unspecified atom stereocenters. The highest BCUT2D eigenvalue weighted by Crippen LogP contribution is 2.63. The molecule has 3 aromatic rings. The van der Waals surface area contributed by atoms with Crippen molar-refractivity contribution in [3.63, 3.8) is 0 Å². The van der Waals surface area contributed by atoms with Gasteiger partial charge in [0.2, 0.25) is 0 Å². The number of esters is 1. The van der Waals surface area contributed by atoms with Crippen molar-refractivity contribution in [3.8, 4) is 0 Å². The first-order chi connectivity index (χ1) is 17.3. The Bertz CT molecular complexity index is 1380. The first-order valence-electron chi connectivity index (χ1n) is 11.5. The van der Waals surface area contributed by atoms with E-state index in [1.807, 2.05) is 13.1 Å². The highest BCUT2D eigenvalue weighted by atomic mass is 35.5. The maximum absolute atomic E-state index is 13.8. The molecule has 0 radical (unpaired) electrons. The molecule has 3 heterocycles. The molecule has 2 aliphatic heterocycles. The lowest BCUT2D eigenvalue weighted by atomic mass is 10.2. The summed E-state index contributed by atoms with van der Waals surface area (Å²) in [7, 11) is 0.534. The molecule has 1 fully saturated rings. The van der Waals surface area contributed by atoms with Gasteiger partial charge in [0, 0.05) is 25.7 Å². The minimum absolute atomic E-state index is 0.327. The van der Waals surface area contributed by atoms with Crippen molar-refractivity contribution in [1.29, 1.82) is 0 Å². The summed E-state index contributed by atoms with van der Waals surface area (Å²) < 4.78 is 28.7. The number of hydrogen-bond acceptors (Lipinski definition) is 5. The Labute approximate surface area is 223 Å². The molecule has 36 heavy (non-hydrogen) atoms. The lowest BCUT2D eigenvalue weighted by Gasteiger charge is -2.46. The average molecular weight is 565 g/mol. The van der Waals surface area contributed by atoms with Gasteiger partial charge in [-0.1, -0.05) is 35.7 Å². The monoisotopic (exact) mass is 564 g/mol. The average Bonchev–Trinajstić information content (AvgIpc) is 3.32. The van der Waals surface area contributed by atoms with Gasteiger partial charge >= 0.3 is 5.97 Å². The number of benzene rings is 2. The zero-order valence-corrected chi connectivity index (χ0v) is 23.0. The number of rotatable bonds is 4. The SMILES string of the molecule is COC(=O)c1cc2c(s1)N=C(c1ccc(F)cc1)N(C)[P@@]2(=Nc1c(Cl)cccc1Cl)N1CCCCC1. The van der Waals surface area contributed by atoms with E-state index >= 15 is 0 Å². The molecule has 0 bridgehead atoms. The second kappa shape index (κ2) is 10.3. The van der Waals surface area contributed by atoms with Gasteiger partial charge in [-0.2, -0.15) is 0 Å². The number of fused-ring (bicyclic) bond motifs is 1. The Morgan fingerprint density at radius 1 is 1.11 bits per heavy atom. The van der Waals surface area contributed by atoms with Crippen LogP contribution in [0.5, 0.6) is 0 Å². The Hall–Kier alpha value is -2.22. The van der Waals surface area contributed by atoms with Gasteiger partial charge in [0.05, 0.1) is 22.5 Å². The van der Waals surface area contributed by atoms with Crippen molar-refractivity contribution in [3.05, 3.63) is 74.8 Å². The minimum Gasteiger partial charge on any atom is -0.465 e. The Kier molecular flexibility index (Phi) is 7.25. The van der Waals surface area contributed by atoms with Crippen LogP contribution in [0.3, 0.4) is 0 Å². The molecule has 2 aliphatic rings. The third-order valence-electron chi connectivity index (χ3n) is 6.34. The summed E-state index contributed by atoms with van der Waals surface area (Å²) in [6.45, 7) is 1.65. The molecule has 2 aromatic carbocycles. The highest BCUT2D eigenvalue weighted by molar-refractivity contribution is 7.71. The first kappa shape index (κ1) is 25.4. The Morgan fingerprint density at radius 2 is 1.78 bits per heavy atom. The van der Waals surface area contributed by atoms with Crippen LogP contribution in [0.1, 0.15) is 34.5 Å². The number of nitrogens with zero attached hydrogens (tertiary/aromatic N) is 4. The standard InChI is InChI=1S/C25H24Cl2FN4O2PS/c1-31-23(16-9-11-17(28)12-10-16)29-24-20(15-21(36-24)25(33)34-2)35(31,32-13-4-3-5-14-32)30-22-18(26)7-6-8-19(22)27/h6-12,15H,3-5,13-14H2,1-2H3/t35-/m1/s1.